The molecule has 0 atom stereocenters. The van der Waals surface area contributed by atoms with Crippen molar-refractivity contribution in [1.82, 2.24) is 9.55 Å². The van der Waals surface area contributed by atoms with E-state index in [4.69, 9.17) is 13.8 Å². The van der Waals surface area contributed by atoms with Crippen LogP contribution in [0.25, 0.3) is 38.8 Å². The number of nitrogens with zero attached hydrogens (tertiary/aromatic N) is 4. The van der Waals surface area contributed by atoms with Gasteiger partial charge in [0.25, 0.3) is 0 Å². The van der Waals surface area contributed by atoms with E-state index in [-0.39, 0.29) is 48.1 Å². The number of hydrogen-bond acceptors (Lipinski definition) is 4. The third-order valence-corrected chi connectivity index (χ3v) is 13.4. The van der Waals surface area contributed by atoms with Crippen LogP contribution < -0.4 is 14.5 Å². The molecule has 0 amide bonds. The monoisotopic (exact) mass is 1100 g/mol. The average Bonchev–Trinajstić information content (AvgIpc) is 3.83. The van der Waals surface area contributed by atoms with Gasteiger partial charge in [0.05, 0.1) is 0 Å². The van der Waals surface area contributed by atoms with Crippen LogP contribution in [-0.2, 0) is 48.1 Å². The number of fused-ring (bicyclic) bond motifs is 4. The summed E-state index contributed by atoms with van der Waals surface area (Å²) in [5, 5.41) is 2.20. The fourth-order valence-electron chi connectivity index (χ4n) is 9.13. The summed E-state index contributed by atoms with van der Waals surface area (Å²) in [7, 11) is 0. The molecule has 5 nitrogen and oxygen atoms in total. The third kappa shape index (κ3) is 9.66. The van der Waals surface area contributed by atoms with Crippen LogP contribution >= 0.6 is 0 Å². The number of aromatic nitrogens is 2. The van der Waals surface area contributed by atoms with Crippen molar-refractivity contribution in [1.29, 1.82) is 0 Å². The van der Waals surface area contributed by atoms with E-state index >= 15 is 0 Å². The number of pyridine rings is 1. The Bertz CT molecular complexity index is 3320. The van der Waals surface area contributed by atoms with Crippen LogP contribution in [0.3, 0.4) is 0 Å². The maximum absolute atomic E-state index is 8.82. The molecule has 0 saturated carbocycles. The molecule has 69 heavy (non-hydrogen) atoms. The minimum atomic E-state index is -2.35. The number of ether oxygens (including phenoxy) is 1. The molecular formula is C63H69N4OPt-3. The first-order valence-corrected chi connectivity index (χ1v) is 24.0. The second-order valence-corrected chi connectivity index (χ2v) is 23.9. The smallest absolute Gasteiger partial charge is 0.135 e. The Morgan fingerprint density at radius 1 is 0.536 bits per heavy atom. The number of para-hydroxylation sites is 1. The van der Waals surface area contributed by atoms with Gasteiger partial charge >= 0.3 is 0 Å². The van der Waals surface area contributed by atoms with Crippen molar-refractivity contribution in [2.45, 2.75) is 138 Å². The first-order valence-electron chi connectivity index (χ1n) is 25.5. The Morgan fingerprint density at radius 3 is 1.80 bits per heavy atom. The Morgan fingerprint density at radius 2 is 1.14 bits per heavy atom. The molecule has 0 spiro atoms. The van der Waals surface area contributed by atoms with E-state index in [1.807, 2.05) is 48.7 Å². The number of aryl methyl sites for hydroxylation is 1. The van der Waals surface area contributed by atoms with Crippen molar-refractivity contribution in [3.05, 3.63) is 174 Å². The van der Waals surface area contributed by atoms with Crippen molar-refractivity contribution < 1.29 is 29.9 Å². The van der Waals surface area contributed by atoms with Gasteiger partial charge in [-0.25, -0.2) is 4.98 Å². The van der Waals surface area contributed by atoms with Crippen LogP contribution in [0.5, 0.6) is 11.5 Å². The van der Waals surface area contributed by atoms with Crippen molar-refractivity contribution in [3.63, 3.8) is 0 Å². The third-order valence-electron chi connectivity index (χ3n) is 13.4. The largest absolute Gasteiger partial charge is 0.509 e. The molecule has 0 N–H and O–H groups in total. The molecule has 6 heteroatoms. The van der Waals surface area contributed by atoms with E-state index in [0.717, 1.165) is 61.5 Å². The number of benzene rings is 6. The SMILES string of the molecule is [2H]C([2H])([2H])c1cc(C(C)(C)C)ccc1-c1cccc2c1N(c1cc(C(C)(C)C)cc(C(C)(C)C)c1)[CH-]N2c1[c-]c(Oc2[c-]c3c(cc2)c2cc(C(C)(C)C)ccc2n3-c2cc(C(C)(C)C)ccn2)ccc1.[Pt]. The van der Waals surface area contributed by atoms with Gasteiger partial charge in [0, 0.05) is 71.0 Å². The van der Waals surface area contributed by atoms with Crippen LogP contribution in [-0.4, -0.2) is 9.55 Å². The predicted molar refractivity (Wildman–Crippen MR) is 288 cm³/mol. The molecule has 0 bridgehead atoms. The molecule has 1 aliphatic rings. The maximum Gasteiger partial charge on any atom is 0.135 e. The van der Waals surface area contributed by atoms with Gasteiger partial charge in [0.1, 0.15) is 5.82 Å². The molecule has 0 saturated heterocycles. The molecule has 8 aromatic rings. The van der Waals surface area contributed by atoms with E-state index in [1.54, 1.807) is 0 Å². The Kier molecular flexibility index (Phi) is 11.7. The minimum absolute atomic E-state index is 0. The zero-order chi connectivity index (χ0) is 51.4. The van der Waals surface area contributed by atoms with E-state index < -0.39 is 6.85 Å². The van der Waals surface area contributed by atoms with Crippen LogP contribution in [0.2, 0.25) is 0 Å². The van der Waals surface area contributed by atoms with Crippen molar-refractivity contribution in [2.75, 3.05) is 9.80 Å². The first kappa shape index (κ1) is 45.8. The summed E-state index contributed by atoms with van der Waals surface area (Å²) < 4.78 is 35.4. The van der Waals surface area contributed by atoms with Crippen molar-refractivity contribution >= 4 is 44.6 Å². The average molecular weight is 1100 g/mol. The molecule has 3 heterocycles. The normalized spacial score (nSPS) is 14.4. The second-order valence-electron chi connectivity index (χ2n) is 23.9. The van der Waals surface area contributed by atoms with Crippen LogP contribution in [0, 0.1) is 25.7 Å². The molecule has 1 aliphatic heterocycles. The molecule has 6 aromatic carbocycles. The summed E-state index contributed by atoms with van der Waals surface area (Å²) in [5.74, 6) is 1.91. The van der Waals surface area contributed by atoms with E-state index in [2.05, 4.69) is 210 Å². The number of rotatable bonds is 6. The fourth-order valence-corrected chi connectivity index (χ4v) is 9.13. The Hall–Kier alpha value is -5.64. The summed E-state index contributed by atoms with van der Waals surface area (Å²) >= 11 is 0. The fraction of sp³-hybridized carbons (Fsp3) is 0.333. The molecule has 0 aliphatic carbocycles. The Balaban J connectivity index is 0.00000693. The maximum atomic E-state index is 8.82. The van der Waals surface area contributed by atoms with Crippen molar-refractivity contribution in [3.8, 4) is 28.4 Å². The standard InChI is InChI=1S/C63H69N4O.Pt/c1-40-31-41(59(2,3)4)23-26-50(40)52-21-18-22-55-58(52)66(47-33-44(62(11,12)13)32-45(34-47)63(14,15)16)39-65(55)46-19-17-20-48(37-46)68-49-25-27-51-53-35-42(60(5,6)7)24-28-54(53)67(56(51)38-49)57-36-43(29-30-64-57)61(8,9)10;/h17-36,39H,1-16H3;/q-3;/i1D3;. The molecule has 360 valence electrons. The topological polar surface area (TPSA) is 33.5 Å². The minimum Gasteiger partial charge on any atom is -0.509 e. The number of hydrogen-bond donors (Lipinski definition) is 0. The number of anilines is 4. The Labute approximate surface area is 431 Å². The first-order chi connectivity index (χ1) is 33.0. The molecule has 9 rings (SSSR count). The van der Waals surface area contributed by atoms with Crippen molar-refractivity contribution in [2.24, 2.45) is 0 Å². The van der Waals surface area contributed by atoms with Gasteiger partial charge in [-0.3, -0.25) is 0 Å². The van der Waals surface area contributed by atoms with E-state index in [9.17, 15) is 0 Å². The molecule has 0 fully saturated rings. The van der Waals surface area contributed by atoms with Crippen LogP contribution in [0.15, 0.2) is 121 Å². The summed E-state index contributed by atoms with van der Waals surface area (Å²) in [6.45, 7) is 33.0. The summed E-state index contributed by atoms with van der Waals surface area (Å²) in [4.78, 5) is 9.29. The van der Waals surface area contributed by atoms with Gasteiger partial charge in [-0.2, -0.15) is 12.1 Å². The summed E-state index contributed by atoms with van der Waals surface area (Å²) in [5.41, 5.74) is 12.6. The van der Waals surface area contributed by atoms with Crippen LogP contribution in [0.4, 0.5) is 22.7 Å². The predicted octanol–water partition coefficient (Wildman–Crippen LogP) is 17.4. The van der Waals surface area contributed by atoms with Gasteiger partial charge < -0.3 is 19.1 Å². The molecular weight excluding hydrogens is 1020 g/mol. The summed E-state index contributed by atoms with van der Waals surface area (Å²) in [6.07, 6.45) is 1.90. The second kappa shape index (κ2) is 17.6. The molecule has 2 aromatic heterocycles. The summed E-state index contributed by atoms with van der Waals surface area (Å²) in [6, 6.07) is 47.4. The van der Waals surface area contributed by atoms with Crippen LogP contribution in [0.1, 0.15) is 141 Å². The van der Waals surface area contributed by atoms with Gasteiger partial charge in [-0.05, 0) is 115 Å². The van der Waals surface area contributed by atoms with Gasteiger partial charge in [-0.15, -0.1) is 48.1 Å². The van der Waals surface area contributed by atoms with Gasteiger partial charge in [-0.1, -0.05) is 158 Å². The van der Waals surface area contributed by atoms with E-state index in [1.165, 1.54) is 22.3 Å². The van der Waals surface area contributed by atoms with Gasteiger partial charge in [0.2, 0.25) is 0 Å². The van der Waals surface area contributed by atoms with E-state index in [0.29, 0.717) is 22.6 Å². The molecule has 0 radical (unpaired) electrons. The zero-order valence-electron chi connectivity index (χ0n) is 46.1. The zero-order valence-corrected chi connectivity index (χ0v) is 45.4. The quantitative estimate of drug-likeness (QED) is 0.155. The van der Waals surface area contributed by atoms with Gasteiger partial charge in [0.15, 0.2) is 0 Å². The molecule has 0 unspecified atom stereocenters.